The van der Waals surface area contributed by atoms with Gasteiger partial charge in [-0.2, -0.15) is 0 Å². The summed E-state index contributed by atoms with van der Waals surface area (Å²) in [7, 11) is 3.24. The number of halogens is 1. The molecule has 1 saturated carbocycles. The maximum Gasteiger partial charge on any atom is 0.328 e. The summed E-state index contributed by atoms with van der Waals surface area (Å²) >= 11 is 6.65. The van der Waals surface area contributed by atoms with Crippen molar-refractivity contribution in [3.63, 3.8) is 0 Å². The fourth-order valence-corrected chi connectivity index (χ4v) is 4.24. The molecular formula is C20H25ClN2O3. The summed E-state index contributed by atoms with van der Waals surface area (Å²) in [5.74, 6) is -0.258. The van der Waals surface area contributed by atoms with Gasteiger partial charge in [-0.25, -0.2) is 4.79 Å². The number of rotatable bonds is 4. The topological polar surface area (TPSA) is 60.3 Å². The van der Waals surface area contributed by atoms with E-state index >= 15 is 0 Å². The van der Waals surface area contributed by atoms with Crippen LogP contribution in [0.5, 0.6) is 0 Å². The third-order valence-electron chi connectivity index (χ3n) is 5.32. The first-order chi connectivity index (χ1) is 12.4. The molecule has 3 rings (SSSR count). The lowest BCUT2D eigenvalue weighted by Crippen LogP contribution is -2.40. The lowest BCUT2D eigenvalue weighted by atomic mass is 9.98. The first kappa shape index (κ1) is 18.8. The molecule has 0 spiro atoms. The molecule has 5 nitrogen and oxygen atoms in total. The van der Waals surface area contributed by atoms with E-state index in [0.717, 1.165) is 15.7 Å². The normalized spacial score (nSPS) is 18.1. The summed E-state index contributed by atoms with van der Waals surface area (Å²) < 4.78 is 6.62. The molecule has 0 saturated heterocycles. The number of aromatic nitrogens is 1. The number of hydrogen-bond donors (Lipinski definition) is 1. The highest BCUT2D eigenvalue weighted by molar-refractivity contribution is 6.30. The van der Waals surface area contributed by atoms with Crippen molar-refractivity contribution in [1.82, 2.24) is 9.88 Å². The molecule has 0 bridgehead atoms. The summed E-state index contributed by atoms with van der Waals surface area (Å²) in [4.78, 5) is 24.1. The molecule has 0 aliphatic heterocycles. The summed E-state index contributed by atoms with van der Waals surface area (Å²) in [6.45, 7) is 1.61. The van der Waals surface area contributed by atoms with E-state index in [4.69, 9.17) is 11.6 Å². The molecule has 1 N–H and O–H groups in total. The molecule has 140 valence electrons. The van der Waals surface area contributed by atoms with E-state index in [9.17, 15) is 9.59 Å². The van der Waals surface area contributed by atoms with Crippen molar-refractivity contribution in [3.05, 3.63) is 32.9 Å². The minimum Gasteiger partial charge on any atom is -0.467 e. The van der Waals surface area contributed by atoms with E-state index in [0.29, 0.717) is 17.9 Å². The highest BCUT2D eigenvalue weighted by atomic mass is 35.5. The Balaban J connectivity index is 1.96. The largest absolute Gasteiger partial charge is 0.467 e. The first-order valence-corrected chi connectivity index (χ1v) is 9.46. The van der Waals surface area contributed by atoms with Gasteiger partial charge in [-0.3, -0.25) is 4.79 Å². The number of hydrogen-bond acceptors (Lipinski definition) is 3. The third-order valence-corrected chi connectivity index (χ3v) is 5.78. The van der Waals surface area contributed by atoms with E-state index < -0.39 is 12.0 Å². The Morgan fingerprint density at radius 2 is 2.00 bits per heavy atom. The summed E-state index contributed by atoms with van der Waals surface area (Å²) in [5.41, 5.74) is 1.75. The van der Waals surface area contributed by atoms with E-state index in [1.807, 2.05) is 23.8 Å². The number of methoxy groups -OCH3 is 1. The zero-order valence-corrected chi connectivity index (χ0v) is 16.2. The van der Waals surface area contributed by atoms with Gasteiger partial charge in [0.15, 0.2) is 0 Å². The second-order valence-corrected chi connectivity index (χ2v) is 7.36. The molecule has 2 aliphatic rings. The van der Waals surface area contributed by atoms with Gasteiger partial charge in [0.1, 0.15) is 11.2 Å². The van der Waals surface area contributed by atoms with Crippen LogP contribution in [0, 0.1) is 0 Å². The molecule has 6 heteroatoms. The van der Waals surface area contributed by atoms with Gasteiger partial charge in [-0.15, -0.1) is 0 Å². The molecule has 0 aromatic carbocycles. The molecule has 26 heavy (non-hydrogen) atoms. The first-order valence-electron chi connectivity index (χ1n) is 9.09. The van der Waals surface area contributed by atoms with Crippen LogP contribution in [0.25, 0.3) is 12.2 Å². The number of nitrogens with zero attached hydrogens (tertiary/aromatic N) is 1. The van der Waals surface area contributed by atoms with Crippen LogP contribution in [0.1, 0.15) is 50.5 Å². The SMILES string of the molecule is COC(=O)C(C)NC(=O)C1=CCC=c2c(C3CCCC3)c(Cl)n(C)c2=C1. The molecule has 2 aliphatic carbocycles. The van der Waals surface area contributed by atoms with Gasteiger partial charge < -0.3 is 14.6 Å². The van der Waals surface area contributed by atoms with Crippen LogP contribution >= 0.6 is 11.6 Å². The molecule has 1 heterocycles. The van der Waals surface area contributed by atoms with Crippen LogP contribution in [-0.2, 0) is 21.4 Å². The average molecular weight is 377 g/mol. The maximum atomic E-state index is 12.6. The van der Waals surface area contributed by atoms with E-state index in [-0.39, 0.29) is 5.91 Å². The van der Waals surface area contributed by atoms with Crippen molar-refractivity contribution in [2.45, 2.75) is 51.0 Å². The van der Waals surface area contributed by atoms with E-state index in [1.165, 1.54) is 38.4 Å². The zero-order valence-electron chi connectivity index (χ0n) is 15.5. The number of carbonyl (C=O) groups excluding carboxylic acids is 2. The number of amides is 1. The maximum absolute atomic E-state index is 12.6. The number of allylic oxidation sites excluding steroid dienone is 1. The predicted octanol–water partition coefficient (Wildman–Crippen LogP) is 1.90. The minimum absolute atomic E-state index is 0.288. The van der Waals surface area contributed by atoms with Gasteiger partial charge in [0, 0.05) is 23.2 Å². The summed E-state index contributed by atoms with van der Waals surface area (Å²) in [6, 6.07) is -0.695. The fraction of sp³-hybridized carbons (Fsp3) is 0.500. The van der Waals surface area contributed by atoms with Crippen LogP contribution in [0.3, 0.4) is 0 Å². The van der Waals surface area contributed by atoms with Crippen molar-refractivity contribution in [2.75, 3.05) is 7.11 Å². The molecule has 1 aromatic heterocycles. The van der Waals surface area contributed by atoms with E-state index in [1.54, 1.807) is 6.92 Å². The minimum atomic E-state index is -0.695. The Morgan fingerprint density at radius 3 is 2.65 bits per heavy atom. The lowest BCUT2D eigenvalue weighted by molar-refractivity contribution is -0.144. The smallest absolute Gasteiger partial charge is 0.328 e. The van der Waals surface area contributed by atoms with Crippen LogP contribution in [0.15, 0.2) is 11.6 Å². The van der Waals surface area contributed by atoms with Crippen molar-refractivity contribution in [2.24, 2.45) is 7.05 Å². The van der Waals surface area contributed by atoms with Gasteiger partial charge in [-0.05, 0) is 43.7 Å². The second-order valence-electron chi connectivity index (χ2n) is 7.01. The van der Waals surface area contributed by atoms with Crippen LogP contribution in [-0.4, -0.2) is 29.6 Å². The number of fused-ring (bicyclic) bond motifs is 1. The highest BCUT2D eigenvalue weighted by Crippen LogP contribution is 2.35. The predicted molar refractivity (Wildman–Crippen MR) is 102 cm³/mol. The van der Waals surface area contributed by atoms with Gasteiger partial charge in [0.2, 0.25) is 0 Å². The summed E-state index contributed by atoms with van der Waals surface area (Å²) in [5, 5.41) is 5.54. The second kappa shape index (κ2) is 7.70. The van der Waals surface area contributed by atoms with E-state index in [2.05, 4.69) is 16.1 Å². The standard InChI is InChI=1S/C20H25ClN2O3/c1-12(20(25)26-3)22-19(24)14-9-6-10-15-16(11-14)23(2)18(21)17(15)13-7-4-5-8-13/h9-13H,4-8H2,1-3H3,(H,22,24). The van der Waals surface area contributed by atoms with Gasteiger partial charge in [0.25, 0.3) is 5.91 Å². The molecular weight excluding hydrogens is 352 g/mol. The molecule has 1 amide bonds. The molecule has 1 fully saturated rings. The average Bonchev–Trinajstić information content (AvgIpc) is 3.15. The Labute approximate surface area is 158 Å². The molecule has 1 atom stereocenters. The van der Waals surface area contributed by atoms with Crippen LogP contribution < -0.4 is 15.9 Å². The Morgan fingerprint density at radius 1 is 1.31 bits per heavy atom. The Bertz CT molecular complexity index is 876. The summed E-state index contributed by atoms with van der Waals surface area (Å²) in [6.07, 6.45) is 11.4. The van der Waals surface area contributed by atoms with Gasteiger partial charge in [0.05, 0.1) is 7.11 Å². The number of ether oxygens (including phenoxy) is 1. The number of carbonyl (C=O) groups is 2. The van der Waals surface area contributed by atoms with Crippen molar-refractivity contribution in [3.8, 4) is 0 Å². The van der Waals surface area contributed by atoms with Crippen molar-refractivity contribution >= 4 is 35.6 Å². The third kappa shape index (κ3) is 3.45. The van der Waals surface area contributed by atoms with Gasteiger partial charge in [-0.1, -0.05) is 36.6 Å². The Kier molecular flexibility index (Phi) is 5.56. The van der Waals surface area contributed by atoms with Crippen LogP contribution in [0.2, 0.25) is 5.15 Å². The number of esters is 1. The highest BCUT2D eigenvalue weighted by Gasteiger charge is 2.25. The van der Waals surface area contributed by atoms with Crippen molar-refractivity contribution < 1.29 is 14.3 Å². The lowest BCUT2D eigenvalue weighted by Gasteiger charge is -2.11. The zero-order chi connectivity index (χ0) is 18.8. The molecule has 1 aromatic rings. The number of nitrogens with one attached hydrogen (secondary N) is 1. The van der Waals surface area contributed by atoms with Crippen molar-refractivity contribution in [1.29, 1.82) is 0 Å². The van der Waals surface area contributed by atoms with Gasteiger partial charge >= 0.3 is 5.97 Å². The quantitative estimate of drug-likeness (QED) is 0.816. The monoisotopic (exact) mass is 376 g/mol. The van der Waals surface area contributed by atoms with Crippen LogP contribution in [0.4, 0.5) is 0 Å². The Hall–Kier alpha value is -2.01. The molecule has 1 unspecified atom stereocenters. The fourth-order valence-electron chi connectivity index (χ4n) is 3.89. The molecule has 0 radical (unpaired) electrons.